The summed E-state index contributed by atoms with van der Waals surface area (Å²) < 4.78 is 15.0. The largest absolute Gasteiger partial charge is 0.487 e. The van der Waals surface area contributed by atoms with Gasteiger partial charge >= 0.3 is 11.9 Å². The number of ether oxygens (including phenoxy) is 2. The minimum Gasteiger partial charge on any atom is -0.487 e. The molecule has 220 valence electrons. The molecule has 43 heavy (non-hydrogen) atoms. The Bertz CT molecular complexity index is 1920. The first-order valence-electron chi connectivity index (χ1n) is 13.3. The highest BCUT2D eigenvalue weighted by Gasteiger charge is 2.33. The molecule has 0 amide bonds. The van der Waals surface area contributed by atoms with Crippen LogP contribution in [0.4, 0.5) is 0 Å². The molecule has 0 saturated heterocycles. The number of carbonyl (C=O) groups excluding carboxylic acids is 1. The number of rotatable bonds is 8. The van der Waals surface area contributed by atoms with E-state index in [0.29, 0.717) is 30.8 Å². The van der Waals surface area contributed by atoms with Crippen LogP contribution in [0, 0.1) is 10.5 Å². The van der Waals surface area contributed by atoms with E-state index in [1.807, 2.05) is 43.3 Å². The summed E-state index contributed by atoms with van der Waals surface area (Å²) in [7, 11) is 0. The molecule has 1 aliphatic heterocycles. The number of carboxylic acids is 1. The van der Waals surface area contributed by atoms with E-state index in [9.17, 15) is 14.4 Å². The molecule has 5 rings (SSSR count). The molecule has 1 atom stereocenters. The molecule has 0 fully saturated rings. The van der Waals surface area contributed by atoms with Gasteiger partial charge in [-0.25, -0.2) is 14.6 Å². The predicted molar refractivity (Wildman–Crippen MR) is 176 cm³/mol. The third-order valence-electron chi connectivity index (χ3n) is 6.81. The van der Waals surface area contributed by atoms with Crippen molar-refractivity contribution < 1.29 is 24.2 Å². The first-order valence-corrected chi connectivity index (χ1v) is 16.0. The van der Waals surface area contributed by atoms with Crippen LogP contribution >= 0.6 is 49.9 Å². The lowest BCUT2D eigenvalue weighted by Crippen LogP contribution is -2.39. The zero-order valence-electron chi connectivity index (χ0n) is 23.4. The summed E-state index contributed by atoms with van der Waals surface area (Å²) in [6.45, 7) is 5.97. The van der Waals surface area contributed by atoms with Crippen molar-refractivity contribution in [3.05, 3.63) is 127 Å². The fraction of sp³-hybridized carbons (Fsp3) is 0.188. The third-order valence-corrected chi connectivity index (χ3v) is 9.19. The second-order valence-electron chi connectivity index (χ2n) is 9.82. The topological polar surface area (TPSA) is 107 Å². The van der Waals surface area contributed by atoms with E-state index in [0.717, 1.165) is 25.8 Å². The summed E-state index contributed by atoms with van der Waals surface area (Å²) in [6, 6.07) is 17.4. The maximum absolute atomic E-state index is 13.9. The molecule has 0 unspecified atom stereocenters. The Morgan fingerprint density at radius 1 is 1.12 bits per heavy atom. The van der Waals surface area contributed by atoms with Gasteiger partial charge in [0.1, 0.15) is 12.4 Å². The fourth-order valence-corrected chi connectivity index (χ4v) is 7.52. The van der Waals surface area contributed by atoms with Crippen molar-refractivity contribution in [2.45, 2.75) is 33.4 Å². The van der Waals surface area contributed by atoms with Crippen LogP contribution < -0.4 is 19.6 Å². The standard InChI is InChI=1S/C32H26BrIN2O6S/c1-4-41-31(40)26-18(3)35-32-36(27(26)21-9-5-17(2)6-10-21)29(37)25(43-32)15-20-13-23(33)28(24(34)14-20)42-16-19-7-11-22(12-8-19)30(38)39/h5-15,27H,4,16H2,1-3H3,(H,38,39)/b25-15+/t27-/m1/s1. The highest BCUT2D eigenvalue weighted by atomic mass is 127. The molecule has 0 bridgehead atoms. The summed E-state index contributed by atoms with van der Waals surface area (Å²) in [5.74, 6) is -0.834. The minimum atomic E-state index is -0.979. The maximum atomic E-state index is 13.9. The van der Waals surface area contributed by atoms with Crippen molar-refractivity contribution in [2.24, 2.45) is 4.99 Å². The van der Waals surface area contributed by atoms with Crippen LogP contribution in [-0.2, 0) is 16.1 Å². The Labute approximate surface area is 273 Å². The Morgan fingerprint density at radius 2 is 1.81 bits per heavy atom. The number of carbonyl (C=O) groups is 2. The molecule has 0 aliphatic carbocycles. The Kier molecular flexibility index (Phi) is 9.33. The lowest BCUT2D eigenvalue weighted by atomic mass is 9.95. The molecule has 8 nitrogen and oxygen atoms in total. The maximum Gasteiger partial charge on any atom is 0.338 e. The number of thiazole rings is 1. The average Bonchev–Trinajstić information content (AvgIpc) is 3.26. The van der Waals surface area contributed by atoms with Crippen LogP contribution in [0.5, 0.6) is 5.75 Å². The van der Waals surface area contributed by atoms with E-state index in [-0.39, 0.29) is 24.3 Å². The summed E-state index contributed by atoms with van der Waals surface area (Å²) in [6.07, 6.45) is 1.81. The van der Waals surface area contributed by atoms with Crippen molar-refractivity contribution in [1.82, 2.24) is 4.57 Å². The van der Waals surface area contributed by atoms with Gasteiger partial charge in [-0.2, -0.15) is 0 Å². The first kappa shape index (κ1) is 30.9. The van der Waals surface area contributed by atoms with Crippen LogP contribution in [0.15, 0.2) is 86.2 Å². The molecule has 0 saturated carbocycles. The normalized spacial score (nSPS) is 14.7. The Morgan fingerprint density at radius 3 is 2.44 bits per heavy atom. The van der Waals surface area contributed by atoms with E-state index in [1.165, 1.54) is 11.3 Å². The quantitative estimate of drug-likeness (QED) is 0.181. The Hall–Kier alpha value is -3.55. The van der Waals surface area contributed by atoms with E-state index >= 15 is 0 Å². The number of aromatic carboxylic acids is 1. The number of benzene rings is 3. The number of fused-ring (bicyclic) bond motifs is 1. The van der Waals surface area contributed by atoms with Gasteiger partial charge in [0.05, 0.1) is 42.1 Å². The lowest BCUT2D eigenvalue weighted by Gasteiger charge is -2.24. The molecule has 1 N–H and O–H groups in total. The predicted octanol–water partition coefficient (Wildman–Crippen LogP) is 5.75. The summed E-state index contributed by atoms with van der Waals surface area (Å²) in [5, 5.41) is 9.10. The first-order chi connectivity index (χ1) is 20.6. The summed E-state index contributed by atoms with van der Waals surface area (Å²) in [5.41, 5.74) is 4.32. The van der Waals surface area contributed by atoms with Gasteiger partial charge < -0.3 is 14.6 Å². The molecule has 0 radical (unpaired) electrons. The van der Waals surface area contributed by atoms with Crippen molar-refractivity contribution in [2.75, 3.05) is 6.61 Å². The number of hydrogen-bond donors (Lipinski definition) is 1. The second kappa shape index (κ2) is 13.0. The molecule has 4 aromatic rings. The number of halogens is 2. The van der Waals surface area contributed by atoms with Crippen LogP contribution in [0.1, 0.15) is 52.5 Å². The second-order valence-corrected chi connectivity index (χ2v) is 12.8. The van der Waals surface area contributed by atoms with Crippen LogP contribution in [0.2, 0.25) is 0 Å². The van der Waals surface area contributed by atoms with Gasteiger partial charge in [0, 0.05) is 0 Å². The van der Waals surface area contributed by atoms with Gasteiger partial charge in [-0.15, -0.1) is 0 Å². The van der Waals surface area contributed by atoms with Crippen molar-refractivity contribution in [1.29, 1.82) is 0 Å². The summed E-state index contributed by atoms with van der Waals surface area (Å²) >= 11 is 7.05. The van der Waals surface area contributed by atoms with Gasteiger partial charge in [-0.3, -0.25) is 9.36 Å². The van der Waals surface area contributed by atoms with Gasteiger partial charge in [0.15, 0.2) is 4.80 Å². The van der Waals surface area contributed by atoms with Crippen molar-refractivity contribution in [3.8, 4) is 5.75 Å². The van der Waals surface area contributed by atoms with Crippen molar-refractivity contribution in [3.63, 3.8) is 0 Å². The minimum absolute atomic E-state index is 0.213. The molecule has 3 aromatic carbocycles. The third kappa shape index (κ3) is 6.53. The van der Waals surface area contributed by atoms with Crippen LogP contribution in [0.25, 0.3) is 6.08 Å². The van der Waals surface area contributed by atoms with Gasteiger partial charge in [0.2, 0.25) is 0 Å². The van der Waals surface area contributed by atoms with Crippen LogP contribution in [0.3, 0.4) is 0 Å². The molecular formula is C32H26BrIN2O6S. The molecule has 11 heteroatoms. The van der Waals surface area contributed by atoms with Crippen LogP contribution in [-0.4, -0.2) is 28.2 Å². The zero-order valence-corrected chi connectivity index (χ0v) is 27.9. The SMILES string of the molecule is CCOC(=O)C1=C(C)N=c2s/c(=C/c3cc(Br)c(OCc4ccc(C(=O)O)cc4)c(I)c3)c(=O)n2[C@@H]1c1ccc(C)cc1. The molecular weight excluding hydrogens is 747 g/mol. The number of nitrogens with zero attached hydrogens (tertiary/aromatic N) is 2. The number of hydrogen-bond acceptors (Lipinski definition) is 7. The van der Waals surface area contributed by atoms with Crippen molar-refractivity contribution >= 4 is 67.9 Å². The van der Waals surface area contributed by atoms with Gasteiger partial charge in [0.25, 0.3) is 5.56 Å². The number of aromatic nitrogens is 1. The fourth-order valence-electron chi connectivity index (χ4n) is 4.71. The van der Waals surface area contributed by atoms with E-state index in [1.54, 1.807) is 48.8 Å². The summed E-state index contributed by atoms with van der Waals surface area (Å²) in [4.78, 5) is 43.2. The number of esters is 1. The monoisotopic (exact) mass is 772 g/mol. The molecule has 2 heterocycles. The van der Waals surface area contributed by atoms with Gasteiger partial charge in [-0.1, -0.05) is 53.3 Å². The average molecular weight is 773 g/mol. The number of carboxylic acid groups (broad SMARTS) is 1. The molecule has 0 spiro atoms. The zero-order chi connectivity index (χ0) is 30.8. The molecule has 1 aromatic heterocycles. The van der Waals surface area contributed by atoms with Gasteiger partial charge in [-0.05, 0) is 106 Å². The Balaban J connectivity index is 1.51. The van der Waals surface area contributed by atoms with E-state index in [4.69, 9.17) is 14.6 Å². The smallest absolute Gasteiger partial charge is 0.338 e. The lowest BCUT2D eigenvalue weighted by molar-refractivity contribution is -0.139. The van der Waals surface area contributed by atoms with E-state index < -0.39 is 18.0 Å². The number of aryl methyl sites for hydroxylation is 1. The number of allylic oxidation sites excluding steroid dienone is 1. The van der Waals surface area contributed by atoms with E-state index in [2.05, 4.69) is 43.5 Å². The highest BCUT2D eigenvalue weighted by molar-refractivity contribution is 14.1. The molecule has 1 aliphatic rings. The highest BCUT2D eigenvalue weighted by Crippen LogP contribution is 2.33.